The molecule has 0 amide bonds. The molecule has 2 aromatic rings. The first kappa shape index (κ1) is 18.8. The predicted molar refractivity (Wildman–Crippen MR) is 105 cm³/mol. The zero-order valence-electron chi connectivity index (χ0n) is 16.7. The smallest absolute Gasteiger partial charge is 0.309 e. The Labute approximate surface area is 172 Å². The number of Topliss-reactive ketones (excluding diaryl/α,β-unsaturated/α-hetero) is 1. The number of aromatic hydroxyl groups is 2. The standard InChI is InChI=1S/C23H20O7/c1-4-9(2)22(28)29-19-15-11(20(27)23(3)21(19)30-23)8-13(25)16-14-10(18(26)17(15)16)6-5-7-12(14)24/h5-9,19,21,24-25H,4H2,1-3H3/t9-,19+,21-,23+/m0/s1. The lowest BCUT2D eigenvalue weighted by Gasteiger charge is -2.28. The highest BCUT2D eigenvalue weighted by Gasteiger charge is 2.68. The van der Waals surface area contributed by atoms with E-state index in [0.717, 1.165) is 0 Å². The van der Waals surface area contributed by atoms with E-state index in [1.165, 1.54) is 18.2 Å². The fourth-order valence-electron chi connectivity index (χ4n) is 4.49. The van der Waals surface area contributed by atoms with Crippen LogP contribution in [0.3, 0.4) is 0 Å². The van der Waals surface area contributed by atoms with Gasteiger partial charge in [0.05, 0.1) is 5.92 Å². The summed E-state index contributed by atoms with van der Waals surface area (Å²) in [6.45, 7) is 5.21. The summed E-state index contributed by atoms with van der Waals surface area (Å²) in [4.78, 5) is 38.9. The van der Waals surface area contributed by atoms with Crippen molar-refractivity contribution in [3.63, 3.8) is 0 Å². The zero-order valence-corrected chi connectivity index (χ0v) is 16.7. The van der Waals surface area contributed by atoms with E-state index >= 15 is 0 Å². The molecule has 7 nitrogen and oxygen atoms in total. The van der Waals surface area contributed by atoms with E-state index in [1.807, 2.05) is 6.92 Å². The topological polar surface area (TPSA) is 113 Å². The molecular formula is C23H20O7. The van der Waals surface area contributed by atoms with E-state index in [2.05, 4.69) is 0 Å². The highest BCUT2D eigenvalue weighted by molar-refractivity contribution is 6.26. The molecule has 3 aliphatic rings. The molecule has 1 saturated heterocycles. The Kier molecular flexibility index (Phi) is 3.71. The second-order valence-electron chi connectivity index (χ2n) is 8.28. The summed E-state index contributed by atoms with van der Waals surface area (Å²) in [7, 11) is 0. The van der Waals surface area contributed by atoms with E-state index in [-0.39, 0.29) is 56.6 Å². The molecule has 4 atom stereocenters. The van der Waals surface area contributed by atoms with Gasteiger partial charge in [-0.2, -0.15) is 0 Å². The van der Waals surface area contributed by atoms with Gasteiger partial charge >= 0.3 is 5.97 Å². The van der Waals surface area contributed by atoms with Crippen molar-refractivity contribution in [2.24, 2.45) is 5.92 Å². The molecule has 0 spiro atoms. The Balaban J connectivity index is 1.76. The maximum atomic E-state index is 13.3. The Morgan fingerprint density at radius 1 is 1.17 bits per heavy atom. The maximum Gasteiger partial charge on any atom is 0.309 e. The number of benzene rings is 2. The summed E-state index contributed by atoms with van der Waals surface area (Å²) >= 11 is 0. The number of rotatable bonds is 3. The fraction of sp³-hybridized carbons (Fsp3) is 0.348. The first-order valence-corrected chi connectivity index (χ1v) is 9.90. The van der Waals surface area contributed by atoms with Crippen LogP contribution >= 0.6 is 0 Å². The fourth-order valence-corrected chi connectivity index (χ4v) is 4.49. The molecule has 2 N–H and O–H groups in total. The number of phenols is 2. The van der Waals surface area contributed by atoms with Crippen LogP contribution in [0.5, 0.6) is 11.5 Å². The normalized spacial score (nSPS) is 26.4. The first-order valence-electron chi connectivity index (χ1n) is 9.90. The van der Waals surface area contributed by atoms with Crippen LogP contribution in [0.15, 0.2) is 24.3 Å². The second kappa shape index (κ2) is 5.92. The molecule has 1 fully saturated rings. The number of carbonyl (C=O) groups is 3. The van der Waals surface area contributed by atoms with Crippen LogP contribution in [0, 0.1) is 5.92 Å². The molecule has 0 radical (unpaired) electrons. The lowest BCUT2D eigenvalue weighted by atomic mass is 9.78. The number of epoxide rings is 1. The molecular weight excluding hydrogens is 388 g/mol. The van der Waals surface area contributed by atoms with E-state index in [4.69, 9.17) is 9.47 Å². The van der Waals surface area contributed by atoms with Crippen molar-refractivity contribution in [2.75, 3.05) is 0 Å². The second-order valence-corrected chi connectivity index (χ2v) is 8.28. The number of hydrogen-bond acceptors (Lipinski definition) is 7. The SMILES string of the molecule is CC[C@H](C)C(=O)O[C@@H]1c2c(cc(O)c3c2C(=O)c2cccc(O)c2-3)C(=O)[C@@]2(C)O[C@@H]12. The van der Waals surface area contributed by atoms with Crippen LogP contribution in [0.2, 0.25) is 0 Å². The van der Waals surface area contributed by atoms with E-state index in [1.54, 1.807) is 19.9 Å². The monoisotopic (exact) mass is 408 g/mol. The minimum atomic E-state index is -1.16. The Bertz CT molecular complexity index is 1160. The molecule has 5 rings (SSSR count). The lowest BCUT2D eigenvalue weighted by molar-refractivity contribution is -0.155. The van der Waals surface area contributed by atoms with Crippen LogP contribution in [0.4, 0.5) is 0 Å². The number of carbonyl (C=O) groups excluding carboxylic acids is 3. The summed E-state index contributed by atoms with van der Waals surface area (Å²) in [6.07, 6.45) is -1.09. The molecule has 2 aliphatic carbocycles. The molecule has 0 bridgehead atoms. The van der Waals surface area contributed by atoms with Gasteiger partial charge in [0, 0.05) is 33.4 Å². The Morgan fingerprint density at radius 2 is 1.90 bits per heavy atom. The summed E-state index contributed by atoms with van der Waals surface area (Å²) < 4.78 is 11.4. The lowest BCUT2D eigenvalue weighted by Crippen LogP contribution is -2.36. The van der Waals surface area contributed by atoms with Crippen molar-refractivity contribution in [3.8, 4) is 22.6 Å². The first-order chi connectivity index (χ1) is 14.2. The third-order valence-electron chi connectivity index (χ3n) is 6.48. The average Bonchev–Trinajstić information content (AvgIpc) is 3.33. The molecule has 0 saturated carbocycles. The number of hydrogen-bond donors (Lipinski definition) is 2. The largest absolute Gasteiger partial charge is 0.507 e. The highest BCUT2D eigenvalue weighted by Crippen LogP contribution is 2.58. The van der Waals surface area contributed by atoms with Gasteiger partial charge in [0.15, 0.2) is 23.3 Å². The quantitative estimate of drug-likeness (QED) is 0.505. The average molecular weight is 408 g/mol. The predicted octanol–water partition coefficient (Wildman–Crippen LogP) is 3.29. The summed E-state index contributed by atoms with van der Waals surface area (Å²) in [5.74, 6) is -2.07. The van der Waals surface area contributed by atoms with Crippen molar-refractivity contribution in [2.45, 2.75) is 45.0 Å². The molecule has 0 unspecified atom stereocenters. The van der Waals surface area contributed by atoms with Crippen LogP contribution < -0.4 is 0 Å². The van der Waals surface area contributed by atoms with Gasteiger partial charge in [-0.15, -0.1) is 0 Å². The van der Waals surface area contributed by atoms with Gasteiger partial charge in [0.25, 0.3) is 0 Å². The minimum absolute atomic E-state index is 0.0781. The number of esters is 1. The van der Waals surface area contributed by atoms with Crippen LogP contribution in [-0.4, -0.2) is 39.5 Å². The van der Waals surface area contributed by atoms with Crippen LogP contribution in [0.25, 0.3) is 11.1 Å². The maximum absolute atomic E-state index is 13.3. The molecule has 7 heteroatoms. The van der Waals surface area contributed by atoms with E-state index in [9.17, 15) is 24.6 Å². The minimum Gasteiger partial charge on any atom is -0.507 e. The van der Waals surface area contributed by atoms with Gasteiger partial charge in [-0.3, -0.25) is 14.4 Å². The summed E-state index contributed by atoms with van der Waals surface area (Å²) in [5.41, 5.74) is -0.163. The molecule has 1 aliphatic heterocycles. The van der Waals surface area contributed by atoms with Crippen molar-refractivity contribution in [1.29, 1.82) is 0 Å². The van der Waals surface area contributed by atoms with Gasteiger partial charge in [-0.05, 0) is 25.5 Å². The molecule has 1 heterocycles. The van der Waals surface area contributed by atoms with Gasteiger partial charge in [-0.25, -0.2) is 0 Å². The van der Waals surface area contributed by atoms with Crippen molar-refractivity contribution in [1.82, 2.24) is 0 Å². The molecule has 2 aromatic carbocycles. The van der Waals surface area contributed by atoms with E-state index < -0.39 is 29.6 Å². The van der Waals surface area contributed by atoms with Crippen LogP contribution in [0.1, 0.15) is 65.1 Å². The number of ketones is 2. The van der Waals surface area contributed by atoms with Crippen molar-refractivity contribution in [3.05, 3.63) is 46.5 Å². The summed E-state index contributed by atoms with van der Waals surface area (Å²) in [5, 5.41) is 21.1. The summed E-state index contributed by atoms with van der Waals surface area (Å²) in [6, 6.07) is 5.78. The number of phenolic OH excluding ortho intramolecular Hbond substituents is 2. The molecule has 0 aromatic heterocycles. The van der Waals surface area contributed by atoms with Crippen LogP contribution in [-0.2, 0) is 14.3 Å². The highest BCUT2D eigenvalue weighted by atomic mass is 16.6. The van der Waals surface area contributed by atoms with Gasteiger partial charge in [0.1, 0.15) is 17.6 Å². The number of ether oxygens (including phenoxy) is 2. The van der Waals surface area contributed by atoms with E-state index in [0.29, 0.717) is 6.42 Å². The van der Waals surface area contributed by atoms with Gasteiger partial charge in [-0.1, -0.05) is 26.0 Å². The van der Waals surface area contributed by atoms with Crippen molar-refractivity contribution < 1.29 is 34.1 Å². The van der Waals surface area contributed by atoms with Gasteiger partial charge < -0.3 is 19.7 Å². The third kappa shape index (κ3) is 2.21. The zero-order chi connectivity index (χ0) is 21.5. The van der Waals surface area contributed by atoms with Crippen molar-refractivity contribution >= 4 is 17.5 Å². The van der Waals surface area contributed by atoms with Gasteiger partial charge in [0.2, 0.25) is 0 Å². The molecule has 30 heavy (non-hydrogen) atoms. The number of fused-ring (bicyclic) bond motifs is 6. The molecule has 154 valence electrons. The Hall–Kier alpha value is -3.19. The third-order valence-corrected chi connectivity index (χ3v) is 6.48. The Morgan fingerprint density at radius 3 is 2.60 bits per heavy atom.